The van der Waals surface area contributed by atoms with Crippen molar-refractivity contribution >= 4 is 23.5 Å². The summed E-state index contributed by atoms with van der Waals surface area (Å²) in [5.41, 5.74) is 11.1. The maximum atomic E-state index is 13.3. The number of benzene rings is 2. The molecule has 43 heavy (non-hydrogen) atoms. The van der Waals surface area contributed by atoms with Crippen molar-refractivity contribution in [2.75, 3.05) is 11.1 Å². The number of carbonyl (C=O) groups excluding carboxylic acids is 1. The van der Waals surface area contributed by atoms with Crippen LogP contribution in [0.3, 0.4) is 0 Å². The van der Waals surface area contributed by atoms with E-state index in [9.17, 15) is 22.8 Å². The van der Waals surface area contributed by atoms with Gasteiger partial charge in [-0.05, 0) is 54.2 Å². The molecule has 0 spiro atoms. The fraction of sp³-hybridized carbons (Fsp3) is 0.233. The van der Waals surface area contributed by atoms with Crippen LogP contribution in [0.1, 0.15) is 35.0 Å². The van der Waals surface area contributed by atoms with E-state index < -0.39 is 18.2 Å². The van der Waals surface area contributed by atoms with E-state index in [1.165, 1.54) is 0 Å². The summed E-state index contributed by atoms with van der Waals surface area (Å²) in [6.07, 6.45) is -2.21. The molecule has 0 aliphatic carbocycles. The van der Waals surface area contributed by atoms with Crippen LogP contribution in [0.2, 0.25) is 0 Å². The summed E-state index contributed by atoms with van der Waals surface area (Å²) in [5.74, 6) is -2.27. The highest BCUT2D eigenvalue weighted by Crippen LogP contribution is 2.25. The Morgan fingerprint density at radius 1 is 1.05 bits per heavy atom. The van der Waals surface area contributed by atoms with E-state index >= 15 is 0 Å². The van der Waals surface area contributed by atoms with Crippen LogP contribution < -0.4 is 21.9 Å². The Balaban J connectivity index is 0.000000541. The lowest BCUT2D eigenvalue weighted by Gasteiger charge is -2.16. The molecule has 0 unspecified atom stereocenters. The summed E-state index contributed by atoms with van der Waals surface area (Å²) in [6, 6.07) is 21.3. The number of rotatable bonds is 7. The molecule has 1 atom stereocenters. The average molecular weight is 595 g/mol. The summed E-state index contributed by atoms with van der Waals surface area (Å²) in [5, 5.41) is 13.2. The number of alkyl halides is 3. The van der Waals surface area contributed by atoms with Gasteiger partial charge in [0.2, 0.25) is 5.91 Å². The standard InChI is InChI=1S/C28H28N6O2.C2HF3O2/c1-18-22(10-13-25(29)33-18)16-32-27(35)24-12-11-23-17-31-26(28(36)34(23)24)30-15-19-6-5-9-21(14-19)20-7-3-2-4-8-20;3-2(4,5)1(6)7/h2-10,13-14,17,24H,11-12,15-16H2,1H3,(H2,29,33)(H,30,31)(H,32,35);(H,6,7)/t24-;/m0./s1. The fourth-order valence-electron chi connectivity index (χ4n) is 4.58. The lowest BCUT2D eigenvalue weighted by Crippen LogP contribution is -2.36. The molecule has 224 valence electrons. The Hall–Kier alpha value is -5.20. The zero-order chi connectivity index (χ0) is 31.1. The quantitative estimate of drug-likeness (QED) is 0.248. The number of carbonyl (C=O) groups is 2. The summed E-state index contributed by atoms with van der Waals surface area (Å²) < 4.78 is 33.3. The van der Waals surface area contributed by atoms with Gasteiger partial charge in [0.25, 0.3) is 5.56 Å². The molecule has 0 fully saturated rings. The van der Waals surface area contributed by atoms with Crippen molar-refractivity contribution in [3.8, 4) is 11.1 Å². The molecule has 0 saturated heterocycles. The monoisotopic (exact) mass is 594 g/mol. The number of aromatic nitrogens is 3. The second-order valence-electron chi connectivity index (χ2n) is 9.75. The summed E-state index contributed by atoms with van der Waals surface area (Å²) in [6.45, 7) is 2.63. The first-order valence-corrected chi connectivity index (χ1v) is 13.2. The SMILES string of the molecule is Cc1nc(N)ccc1CNC(=O)[C@@H]1CCc2cnc(NCc3cccc(-c4ccccc4)c3)c(=O)n21.O=C(O)C(F)(F)F. The zero-order valence-corrected chi connectivity index (χ0v) is 23.1. The molecule has 5 N–H and O–H groups in total. The number of hydrogen-bond donors (Lipinski definition) is 4. The second-order valence-corrected chi connectivity index (χ2v) is 9.75. The van der Waals surface area contributed by atoms with E-state index in [1.54, 1.807) is 16.8 Å². The Bertz CT molecular complexity index is 1670. The third-order valence-corrected chi connectivity index (χ3v) is 6.77. The highest BCUT2D eigenvalue weighted by Gasteiger charge is 2.38. The fourth-order valence-corrected chi connectivity index (χ4v) is 4.58. The minimum Gasteiger partial charge on any atom is -0.475 e. The van der Waals surface area contributed by atoms with Gasteiger partial charge < -0.3 is 21.5 Å². The van der Waals surface area contributed by atoms with Crippen LogP contribution in [0.25, 0.3) is 11.1 Å². The molecule has 5 rings (SSSR count). The number of nitrogen functional groups attached to an aromatic ring is 1. The van der Waals surface area contributed by atoms with Gasteiger partial charge in [0, 0.05) is 30.7 Å². The molecular weight excluding hydrogens is 565 g/mol. The number of halogens is 3. The smallest absolute Gasteiger partial charge is 0.475 e. The van der Waals surface area contributed by atoms with Gasteiger partial charge in [-0.1, -0.05) is 54.6 Å². The molecule has 1 amide bonds. The topological polar surface area (TPSA) is 152 Å². The molecule has 4 aromatic rings. The number of anilines is 2. The second kappa shape index (κ2) is 13.2. The highest BCUT2D eigenvalue weighted by molar-refractivity contribution is 5.81. The van der Waals surface area contributed by atoms with E-state index in [0.717, 1.165) is 33.6 Å². The van der Waals surface area contributed by atoms with Gasteiger partial charge in [0.15, 0.2) is 5.82 Å². The third kappa shape index (κ3) is 7.76. The first-order valence-electron chi connectivity index (χ1n) is 13.2. The van der Waals surface area contributed by atoms with E-state index in [-0.39, 0.29) is 17.3 Å². The molecule has 13 heteroatoms. The van der Waals surface area contributed by atoms with Gasteiger partial charge in [0.05, 0.1) is 0 Å². The number of aryl methyl sites for hydroxylation is 2. The maximum Gasteiger partial charge on any atom is 0.490 e. The molecule has 0 saturated carbocycles. The number of hydrogen-bond acceptors (Lipinski definition) is 7. The first-order chi connectivity index (χ1) is 20.4. The third-order valence-electron chi connectivity index (χ3n) is 6.77. The van der Waals surface area contributed by atoms with E-state index in [4.69, 9.17) is 15.6 Å². The van der Waals surface area contributed by atoms with Gasteiger partial charge in [-0.25, -0.2) is 14.8 Å². The van der Waals surface area contributed by atoms with Crippen LogP contribution in [-0.4, -0.2) is 37.7 Å². The Labute approximate surface area is 244 Å². The van der Waals surface area contributed by atoms with Crippen molar-refractivity contribution in [2.24, 2.45) is 0 Å². The number of carboxylic acids is 1. The van der Waals surface area contributed by atoms with E-state index in [2.05, 4.69) is 44.9 Å². The molecular formula is C30H29F3N6O4. The number of nitrogens with zero attached hydrogens (tertiary/aromatic N) is 3. The molecule has 3 heterocycles. The first kappa shape index (κ1) is 30.8. The normalized spacial score (nSPS) is 13.8. The van der Waals surface area contributed by atoms with Crippen LogP contribution in [-0.2, 0) is 29.1 Å². The Morgan fingerprint density at radius 2 is 1.74 bits per heavy atom. The summed E-state index contributed by atoms with van der Waals surface area (Å²) in [7, 11) is 0. The van der Waals surface area contributed by atoms with Crippen LogP contribution in [0.4, 0.5) is 24.8 Å². The summed E-state index contributed by atoms with van der Waals surface area (Å²) >= 11 is 0. The Morgan fingerprint density at radius 3 is 2.42 bits per heavy atom. The van der Waals surface area contributed by atoms with Crippen molar-refractivity contribution in [1.29, 1.82) is 0 Å². The number of carboxylic acid groups (broad SMARTS) is 1. The zero-order valence-electron chi connectivity index (χ0n) is 23.1. The number of amides is 1. The van der Waals surface area contributed by atoms with Crippen LogP contribution in [0, 0.1) is 6.92 Å². The maximum absolute atomic E-state index is 13.3. The summed E-state index contributed by atoms with van der Waals surface area (Å²) in [4.78, 5) is 43.8. The van der Waals surface area contributed by atoms with E-state index in [1.807, 2.05) is 43.3 Å². The van der Waals surface area contributed by atoms with Gasteiger partial charge in [-0.15, -0.1) is 0 Å². The lowest BCUT2D eigenvalue weighted by atomic mass is 10.0. The largest absolute Gasteiger partial charge is 0.490 e. The molecule has 2 aromatic carbocycles. The van der Waals surface area contributed by atoms with Crippen molar-refractivity contribution in [3.63, 3.8) is 0 Å². The van der Waals surface area contributed by atoms with Gasteiger partial charge in [-0.2, -0.15) is 13.2 Å². The molecule has 0 bridgehead atoms. The van der Waals surface area contributed by atoms with Crippen molar-refractivity contribution in [2.45, 2.75) is 45.1 Å². The van der Waals surface area contributed by atoms with Gasteiger partial charge >= 0.3 is 12.1 Å². The number of aliphatic carboxylic acids is 1. The van der Waals surface area contributed by atoms with Crippen molar-refractivity contribution < 1.29 is 27.9 Å². The number of nitrogens with one attached hydrogen (secondary N) is 2. The number of pyridine rings is 1. The Kier molecular flexibility index (Phi) is 9.43. The molecule has 2 aromatic heterocycles. The predicted octanol–water partition coefficient (Wildman–Crippen LogP) is 4.25. The lowest BCUT2D eigenvalue weighted by molar-refractivity contribution is -0.192. The van der Waals surface area contributed by atoms with Crippen LogP contribution in [0.15, 0.2) is 77.7 Å². The predicted molar refractivity (Wildman–Crippen MR) is 154 cm³/mol. The van der Waals surface area contributed by atoms with Crippen LogP contribution >= 0.6 is 0 Å². The van der Waals surface area contributed by atoms with Gasteiger partial charge in [-0.3, -0.25) is 14.2 Å². The van der Waals surface area contributed by atoms with Crippen molar-refractivity contribution in [3.05, 3.63) is 106 Å². The van der Waals surface area contributed by atoms with E-state index in [0.29, 0.717) is 31.7 Å². The molecule has 1 aliphatic heterocycles. The minimum atomic E-state index is -5.08. The molecule has 1 aliphatic rings. The number of nitrogens with two attached hydrogens (primary N) is 1. The minimum absolute atomic E-state index is 0.195. The van der Waals surface area contributed by atoms with Crippen molar-refractivity contribution in [1.82, 2.24) is 19.9 Å². The molecule has 0 radical (unpaired) electrons. The molecule has 10 nitrogen and oxygen atoms in total. The highest BCUT2D eigenvalue weighted by atomic mass is 19.4. The van der Waals surface area contributed by atoms with Crippen LogP contribution in [0.5, 0.6) is 0 Å². The van der Waals surface area contributed by atoms with Gasteiger partial charge in [0.1, 0.15) is 11.9 Å². The average Bonchev–Trinajstić information content (AvgIpc) is 3.42. The number of fused-ring (bicyclic) bond motifs is 1.